The van der Waals surface area contributed by atoms with E-state index in [2.05, 4.69) is 41.5 Å². The topological polar surface area (TPSA) is 24.5 Å². The molecule has 0 radical (unpaired) electrons. The van der Waals surface area contributed by atoms with Crippen molar-refractivity contribution in [1.82, 2.24) is 5.32 Å². The van der Waals surface area contributed by atoms with Gasteiger partial charge in [-0.2, -0.15) is 0 Å². The maximum absolute atomic E-state index is 5.88. The molecule has 1 fully saturated rings. The standard InChI is InChI=1S/C17H26N2O/c1-18-13-17(9-4-5-10-17)14-19-11-6-12-20-16-8-3-2-7-15(16)19/h2-3,7-8,18H,4-6,9-14H2,1H3. The molecule has 1 aliphatic heterocycles. The first-order valence-corrected chi connectivity index (χ1v) is 7.94. The lowest BCUT2D eigenvalue weighted by molar-refractivity contribution is 0.289. The lowest BCUT2D eigenvalue weighted by atomic mass is 9.85. The van der Waals surface area contributed by atoms with Crippen molar-refractivity contribution in [3.8, 4) is 5.75 Å². The van der Waals surface area contributed by atoms with Gasteiger partial charge in [0.25, 0.3) is 0 Å². The molecule has 1 aromatic carbocycles. The minimum Gasteiger partial charge on any atom is -0.491 e. The van der Waals surface area contributed by atoms with Gasteiger partial charge in [-0.05, 0) is 38.4 Å². The second kappa shape index (κ2) is 6.04. The van der Waals surface area contributed by atoms with Crippen LogP contribution in [-0.4, -0.2) is 33.3 Å². The van der Waals surface area contributed by atoms with Crippen LogP contribution in [0.2, 0.25) is 0 Å². The van der Waals surface area contributed by atoms with E-state index >= 15 is 0 Å². The van der Waals surface area contributed by atoms with Crippen molar-refractivity contribution in [2.75, 3.05) is 38.2 Å². The van der Waals surface area contributed by atoms with Gasteiger partial charge in [0.2, 0.25) is 0 Å². The molecule has 2 aliphatic rings. The average Bonchev–Trinajstić information content (AvgIpc) is 2.82. The van der Waals surface area contributed by atoms with Gasteiger partial charge in [-0.25, -0.2) is 0 Å². The second-order valence-electron chi connectivity index (χ2n) is 6.33. The molecule has 1 aliphatic carbocycles. The number of ether oxygens (including phenoxy) is 1. The lowest BCUT2D eigenvalue weighted by Gasteiger charge is -2.36. The van der Waals surface area contributed by atoms with E-state index < -0.39 is 0 Å². The number of benzene rings is 1. The molecule has 0 saturated heterocycles. The van der Waals surface area contributed by atoms with Gasteiger partial charge in [-0.15, -0.1) is 0 Å². The van der Waals surface area contributed by atoms with E-state index in [4.69, 9.17) is 4.74 Å². The molecule has 3 rings (SSSR count). The van der Waals surface area contributed by atoms with Gasteiger partial charge in [0.05, 0.1) is 12.3 Å². The highest BCUT2D eigenvalue weighted by atomic mass is 16.5. The normalized spacial score (nSPS) is 21.1. The van der Waals surface area contributed by atoms with Gasteiger partial charge in [0, 0.05) is 25.0 Å². The van der Waals surface area contributed by atoms with Crippen LogP contribution in [0.5, 0.6) is 5.75 Å². The molecule has 3 heteroatoms. The van der Waals surface area contributed by atoms with E-state index in [1.54, 1.807) is 0 Å². The van der Waals surface area contributed by atoms with E-state index in [9.17, 15) is 0 Å². The predicted molar refractivity (Wildman–Crippen MR) is 83.6 cm³/mol. The van der Waals surface area contributed by atoms with Gasteiger partial charge in [0.1, 0.15) is 5.75 Å². The maximum atomic E-state index is 5.88. The zero-order chi connectivity index (χ0) is 13.8. The molecule has 0 atom stereocenters. The van der Waals surface area contributed by atoms with E-state index in [1.807, 2.05) is 0 Å². The molecule has 20 heavy (non-hydrogen) atoms. The van der Waals surface area contributed by atoms with Crippen LogP contribution in [0, 0.1) is 5.41 Å². The molecule has 0 aromatic heterocycles. The summed E-state index contributed by atoms with van der Waals surface area (Å²) in [4.78, 5) is 2.56. The van der Waals surface area contributed by atoms with Crippen molar-refractivity contribution >= 4 is 5.69 Å². The highest BCUT2D eigenvalue weighted by Crippen LogP contribution is 2.41. The smallest absolute Gasteiger partial charge is 0.142 e. The van der Waals surface area contributed by atoms with Crippen LogP contribution in [0.15, 0.2) is 24.3 Å². The van der Waals surface area contributed by atoms with E-state index in [0.717, 1.165) is 38.4 Å². The third-order valence-electron chi connectivity index (χ3n) is 4.78. The third kappa shape index (κ3) is 2.78. The van der Waals surface area contributed by atoms with Crippen molar-refractivity contribution in [2.45, 2.75) is 32.1 Å². The Bertz CT molecular complexity index is 440. The minimum atomic E-state index is 0.451. The van der Waals surface area contributed by atoms with Crippen LogP contribution in [0.1, 0.15) is 32.1 Å². The average molecular weight is 274 g/mol. The molecule has 0 bridgehead atoms. The summed E-state index contributed by atoms with van der Waals surface area (Å²) in [7, 11) is 2.08. The fourth-order valence-corrected chi connectivity index (χ4v) is 3.86. The number of anilines is 1. The van der Waals surface area contributed by atoms with Gasteiger partial charge < -0.3 is 15.0 Å². The highest BCUT2D eigenvalue weighted by Gasteiger charge is 2.35. The number of nitrogens with one attached hydrogen (secondary N) is 1. The Kier molecular flexibility index (Phi) is 4.16. The number of para-hydroxylation sites is 2. The zero-order valence-electron chi connectivity index (χ0n) is 12.5. The molecule has 0 amide bonds. The van der Waals surface area contributed by atoms with Gasteiger partial charge in [-0.1, -0.05) is 25.0 Å². The van der Waals surface area contributed by atoms with Gasteiger partial charge in [0.15, 0.2) is 0 Å². The Balaban J connectivity index is 1.82. The van der Waals surface area contributed by atoms with Crippen LogP contribution in [-0.2, 0) is 0 Å². The van der Waals surface area contributed by atoms with Gasteiger partial charge in [-0.3, -0.25) is 0 Å². The van der Waals surface area contributed by atoms with E-state index in [-0.39, 0.29) is 0 Å². The first-order chi connectivity index (χ1) is 9.83. The third-order valence-corrected chi connectivity index (χ3v) is 4.78. The van der Waals surface area contributed by atoms with Crippen LogP contribution in [0.4, 0.5) is 5.69 Å². The summed E-state index contributed by atoms with van der Waals surface area (Å²) in [5.41, 5.74) is 1.74. The first-order valence-electron chi connectivity index (χ1n) is 7.94. The van der Waals surface area contributed by atoms with Crippen LogP contribution < -0.4 is 15.0 Å². The minimum absolute atomic E-state index is 0.451. The molecule has 0 unspecified atom stereocenters. The fourth-order valence-electron chi connectivity index (χ4n) is 3.86. The molecular formula is C17H26N2O. The van der Waals surface area contributed by atoms with Crippen molar-refractivity contribution in [2.24, 2.45) is 5.41 Å². The Morgan fingerprint density at radius 1 is 1.20 bits per heavy atom. The fraction of sp³-hybridized carbons (Fsp3) is 0.647. The van der Waals surface area contributed by atoms with Gasteiger partial charge >= 0.3 is 0 Å². The summed E-state index contributed by atoms with van der Waals surface area (Å²) in [5.74, 6) is 1.06. The quantitative estimate of drug-likeness (QED) is 0.913. The first kappa shape index (κ1) is 13.7. The van der Waals surface area contributed by atoms with Crippen molar-refractivity contribution in [3.63, 3.8) is 0 Å². The SMILES string of the molecule is CNCC1(CN2CCCOc3ccccc32)CCCC1. The molecule has 1 N–H and O–H groups in total. The van der Waals surface area contributed by atoms with Crippen molar-refractivity contribution < 1.29 is 4.74 Å². The number of fused-ring (bicyclic) bond motifs is 1. The number of nitrogens with zero attached hydrogens (tertiary/aromatic N) is 1. The number of rotatable bonds is 4. The highest BCUT2D eigenvalue weighted by molar-refractivity contribution is 5.59. The van der Waals surface area contributed by atoms with E-state index in [0.29, 0.717) is 5.41 Å². The monoisotopic (exact) mass is 274 g/mol. The second-order valence-corrected chi connectivity index (χ2v) is 6.33. The Labute approximate surface area is 122 Å². The molecule has 0 spiro atoms. The number of hydrogen-bond donors (Lipinski definition) is 1. The van der Waals surface area contributed by atoms with Crippen LogP contribution in [0.3, 0.4) is 0 Å². The Hall–Kier alpha value is -1.22. The predicted octanol–water partition coefficient (Wildman–Crippen LogP) is 3.06. The molecule has 1 aromatic rings. The summed E-state index contributed by atoms with van der Waals surface area (Å²) < 4.78 is 5.88. The Morgan fingerprint density at radius 2 is 2.00 bits per heavy atom. The summed E-state index contributed by atoms with van der Waals surface area (Å²) in [6.45, 7) is 4.25. The number of hydrogen-bond acceptors (Lipinski definition) is 3. The molecule has 1 heterocycles. The Morgan fingerprint density at radius 3 is 2.80 bits per heavy atom. The van der Waals surface area contributed by atoms with Crippen LogP contribution >= 0.6 is 0 Å². The lowest BCUT2D eigenvalue weighted by Crippen LogP contribution is -2.42. The summed E-state index contributed by atoms with van der Waals surface area (Å²) in [6, 6.07) is 8.51. The molecular weight excluding hydrogens is 248 g/mol. The molecule has 3 nitrogen and oxygen atoms in total. The van der Waals surface area contributed by atoms with E-state index in [1.165, 1.54) is 31.4 Å². The zero-order valence-corrected chi connectivity index (χ0v) is 12.5. The largest absolute Gasteiger partial charge is 0.491 e. The summed E-state index contributed by atoms with van der Waals surface area (Å²) >= 11 is 0. The molecule has 1 saturated carbocycles. The summed E-state index contributed by atoms with van der Waals surface area (Å²) in [6.07, 6.45) is 6.59. The summed E-state index contributed by atoms with van der Waals surface area (Å²) in [5, 5.41) is 3.42. The maximum Gasteiger partial charge on any atom is 0.142 e. The molecule has 110 valence electrons. The van der Waals surface area contributed by atoms with Crippen molar-refractivity contribution in [3.05, 3.63) is 24.3 Å². The van der Waals surface area contributed by atoms with Crippen LogP contribution in [0.25, 0.3) is 0 Å². The van der Waals surface area contributed by atoms with Crippen molar-refractivity contribution in [1.29, 1.82) is 0 Å².